The van der Waals surface area contributed by atoms with Crippen LogP contribution in [0.4, 0.5) is 11.4 Å². The Balaban J connectivity index is 1.57. The normalized spacial score (nSPS) is 18.5. The van der Waals surface area contributed by atoms with Crippen molar-refractivity contribution < 1.29 is 4.74 Å². The van der Waals surface area contributed by atoms with Gasteiger partial charge in [0.05, 0.1) is 45.6 Å². The van der Waals surface area contributed by atoms with Crippen LogP contribution >= 0.6 is 23.2 Å². The summed E-state index contributed by atoms with van der Waals surface area (Å²) in [7, 11) is 2.07. The van der Waals surface area contributed by atoms with E-state index in [0.717, 1.165) is 41.9 Å². The zero-order chi connectivity index (χ0) is 27.8. The van der Waals surface area contributed by atoms with Gasteiger partial charge in [0.1, 0.15) is 13.9 Å². The predicted molar refractivity (Wildman–Crippen MR) is 160 cm³/mol. The predicted octanol–water partition coefficient (Wildman–Crippen LogP) is 4.72. The molecule has 0 saturated carbocycles. The maximum Gasteiger partial charge on any atom is 0.148 e. The van der Waals surface area contributed by atoms with Crippen LogP contribution in [-0.4, -0.2) is 43.6 Å². The number of fused-ring (bicyclic) bond motifs is 1. The third-order valence-corrected chi connectivity index (χ3v) is 7.62. The van der Waals surface area contributed by atoms with Crippen LogP contribution in [0.1, 0.15) is 38.3 Å². The van der Waals surface area contributed by atoms with E-state index < -0.39 is 5.44 Å². The van der Waals surface area contributed by atoms with Crippen molar-refractivity contribution in [3.05, 3.63) is 75.7 Å². The van der Waals surface area contributed by atoms with E-state index in [1.165, 1.54) is 0 Å². The van der Waals surface area contributed by atoms with Gasteiger partial charge in [-0.1, -0.05) is 62.2 Å². The number of rotatable bonds is 8. The lowest BCUT2D eigenvalue weighted by atomic mass is 9.69. The molecular formula is C28H32BCl2N7O. The van der Waals surface area contributed by atoms with E-state index in [1.54, 1.807) is 6.20 Å². The molecule has 2 unspecified atom stereocenters. The zero-order valence-electron chi connectivity index (χ0n) is 22.5. The first-order chi connectivity index (χ1) is 18.6. The van der Waals surface area contributed by atoms with Gasteiger partial charge in [0.15, 0.2) is 0 Å². The first-order valence-corrected chi connectivity index (χ1v) is 13.7. The number of halogens is 2. The molecule has 5 rings (SSSR count). The molecule has 0 amide bonds. The molecule has 3 aromatic rings. The highest BCUT2D eigenvalue weighted by Crippen LogP contribution is 2.39. The molecule has 1 fully saturated rings. The third kappa shape index (κ3) is 5.75. The summed E-state index contributed by atoms with van der Waals surface area (Å²) in [5, 5.41) is 20.9. The number of aromatic nitrogens is 1. The maximum atomic E-state index is 9.83. The average molecular weight is 564 g/mol. The minimum atomic E-state index is -0.767. The van der Waals surface area contributed by atoms with Gasteiger partial charge >= 0.3 is 0 Å². The second-order valence-electron chi connectivity index (χ2n) is 11.4. The van der Waals surface area contributed by atoms with Gasteiger partial charge in [-0.15, -0.1) is 5.53 Å². The van der Waals surface area contributed by atoms with E-state index in [-0.39, 0.29) is 11.5 Å². The molecule has 0 radical (unpaired) electrons. The largest absolute Gasteiger partial charge is 0.383 e. The Morgan fingerprint density at radius 1 is 1.23 bits per heavy atom. The minimum absolute atomic E-state index is 0.00855. The highest BCUT2D eigenvalue weighted by molar-refractivity contribution is 6.36. The van der Waals surface area contributed by atoms with Gasteiger partial charge in [0.25, 0.3) is 0 Å². The molecule has 1 aromatic heterocycles. The summed E-state index contributed by atoms with van der Waals surface area (Å²) in [4.78, 5) is 4.50. The number of anilines is 2. The number of nitrogens with one attached hydrogen (secondary N) is 4. The number of ether oxygens (including phenoxy) is 1. The summed E-state index contributed by atoms with van der Waals surface area (Å²) < 4.78 is 5.61. The molecule has 2 aromatic carbocycles. The van der Waals surface area contributed by atoms with E-state index in [1.807, 2.05) is 47.6 Å². The Morgan fingerprint density at radius 3 is 2.67 bits per heavy atom. The molecule has 0 spiro atoms. The van der Waals surface area contributed by atoms with Crippen molar-refractivity contribution in [3.8, 4) is 6.07 Å². The average Bonchev–Trinajstić information content (AvgIpc) is 3.34. The van der Waals surface area contributed by atoms with Crippen LogP contribution in [0.5, 0.6) is 0 Å². The standard InChI is InChI=1S/C28H32BCl2N7O/c1-27(2,3)16-34-25-17(12-32)13-33-26-20(25)10-18(11-23(26)31)35-28(29,21-6-4-5-7-22(21)30)24-15-38(37-36-24)14-19-8-9-39-19/h4-7,10-11,13,15,19,35-37H,8-9,14,16,29H2,1-3H3,(H,33,34). The van der Waals surface area contributed by atoms with Gasteiger partial charge in [-0.2, -0.15) is 5.26 Å². The number of hydrazine groups is 2. The molecule has 39 heavy (non-hydrogen) atoms. The summed E-state index contributed by atoms with van der Waals surface area (Å²) in [6.07, 6.45) is 4.85. The van der Waals surface area contributed by atoms with Crippen molar-refractivity contribution in [1.82, 2.24) is 21.0 Å². The molecule has 8 nitrogen and oxygen atoms in total. The van der Waals surface area contributed by atoms with Crippen LogP contribution in [0.3, 0.4) is 0 Å². The van der Waals surface area contributed by atoms with Crippen molar-refractivity contribution in [2.45, 2.75) is 38.7 Å². The Morgan fingerprint density at radius 2 is 2.00 bits per heavy atom. The number of hydrogen-bond acceptors (Lipinski definition) is 8. The number of nitrogens with zero attached hydrogens (tertiary/aromatic N) is 3. The fraction of sp³-hybridized carbons (Fsp3) is 0.357. The van der Waals surface area contributed by atoms with E-state index in [9.17, 15) is 5.26 Å². The van der Waals surface area contributed by atoms with Crippen LogP contribution < -0.4 is 21.6 Å². The molecule has 2 aliphatic heterocycles. The zero-order valence-corrected chi connectivity index (χ0v) is 24.0. The van der Waals surface area contributed by atoms with Gasteiger partial charge in [-0.25, -0.2) is 0 Å². The first kappa shape index (κ1) is 27.4. The maximum absolute atomic E-state index is 9.83. The Hall–Kier alpha value is -3.16. The smallest absolute Gasteiger partial charge is 0.148 e. The molecule has 1 saturated heterocycles. The SMILES string of the molecule is BC(Nc1cc(Cl)c2ncc(C#N)c(NCC(C)(C)C)c2c1)(C1=CN(CC2CCO2)NN1)c1ccccc1Cl. The Kier molecular flexibility index (Phi) is 7.58. The van der Waals surface area contributed by atoms with E-state index >= 15 is 0 Å². The number of hydrogen-bond donors (Lipinski definition) is 4. The van der Waals surface area contributed by atoms with Crippen molar-refractivity contribution in [3.63, 3.8) is 0 Å². The summed E-state index contributed by atoms with van der Waals surface area (Å²) in [5.74, 6) is 0. The van der Waals surface area contributed by atoms with E-state index in [2.05, 4.69) is 61.3 Å². The molecule has 0 bridgehead atoms. The van der Waals surface area contributed by atoms with Crippen molar-refractivity contribution >= 4 is 53.3 Å². The molecule has 2 aliphatic rings. The number of benzene rings is 2. The second kappa shape index (κ2) is 10.8. The number of pyridine rings is 1. The van der Waals surface area contributed by atoms with Crippen LogP contribution in [0, 0.1) is 16.7 Å². The Bertz CT molecular complexity index is 1460. The van der Waals surface area contributed by atoms with Crippen molar-refractivity contribution in [1.29, 1.82) is 5.26 Å². The molecule has 4 N–H and O–H groups in total. The van der Waals surface area contributed by atoms with E-state index in [0.29, 0.717) is 33.4 Å². The van der Waals surface area contributed by atoms with Crippen LogP contribution in [0.25, 0.3) is 10.9 Å². The molecule has 0 aliphatic carbocycles. The van der Waals surface area contributed by atoms with Gasteiger partial charge in [0.2, 0.25) is 0 Å². The highest BCUT2D eigenvalue weighted by Gasteiger charge is 2.37. The lowest BCUT2D eigenvalue weighted by Crippen LogP contribution is -2.47. The van der Waals surface area contributed by atoms with Crippen LogP contribution in [0.15, 0.2) is 54.5 Å². The molecule has 11 heteroatoms. The monoisotopic (exact) mass is 563 g/mol. The van der Waals surface area contributed by atoms with Gasteiger partial charge in [-0.05, 0) is 35.6 Å². The van der Waals surface area contributed by atoms with Crippen molar-refractivity contribution in [2.75, 3.05) is 30.3 Å². The van der Waals surface area contributed by atoms with Gasteiger partial charge in [0, 0.05) is 41.6 Å². The second-order valence-corrected chi connectivity index (χ2v) is 12.2. The lowest BCUT2D eigenvalue weighted by molar-refractivity contribution is -0.0662. The summed E-state index contributed by atoms with van der Waals surface area (Å²) in [5.41, 5.74) is 10.1. The first-order valence-electron chi connectivity index (χ1n) is 13.0. The quantitative estimate of drug-likeness (QED) is 0.292. The van der Waals surface area contributed by atoms with Gasteiger partial charge < -0.3 is 20.8 Å². The van der Waals surface area contributed by atoms with Crippen LogP contribution in [-0.2, 0) is 10.2 Å². The molecule has 2 atom stereocenters. The fourth-order valence-corrected chi connectivity index (χ4v) is 5.34. The fourth-order valence-electron chi connectivity index (χ4n) is 4.75. The minimum Gasteiger partial charge on any atom is -0.383 e. The third-order valence-electron chi connectivity index (χ3n) is 7.00. The van der Waals surface area contributed by atoms with Crippen LogP contribution in [0.2, 0.25) is 10.0 Å². The Labute approximate surface area is 240 Å². The molecule has 202 valence electrons. The summed E-state index contributed by atoms with van der Waals surface area (Å²) in [6, 6.07) is 13.9. The molecule has 3 heterocycles. The summed E-state index contributed by atoms with van der Waals surface area (Å²) >= 11 is 13.5. The topological polar surface area (TPSA) is 97.3 Å². The highest BCUT2D eigenvalue weighted by atomic mass is 35.5. The van der Waals surface area contributed by atoms with Crippen molar-refractivity contribution in [2.24, 2.45) is 5.41 Å². The van der Waals surface area contributed by atoms with E-state index in [4.69, 9.17) is 27.9 Å². The lowest BCUT2D eigenvalue weighted by Gasteiger charge is -2.34. The van der Waals surface area contributed by atoms with Gasteiger partial charge in [-0.3, -0.25) is 9.99 Å². The molecular weight excluding hydrogens is 532 g/mol. The summed E-state index contributed by atoms with van der Waals surface area (Å²) in [6.45, 7) is 8.63. The number of nitriles is 1.